The van der Waals surface area contributed by atoms with Crippen molar-refractivity contribution in [3.05, 3.63) is 29.8 Å². The van der Waals surface area contributed by atoms with E-state index >= 15 is 0 Å². The van der Waals surface area contributed by atoms with Gasteiger partial charge in [0.1, 0.15) is 0 Å². The van der Waals surface area contributed by atoms with Gasteiger partial charge in [0.15, 0.2) is 0 Å². The first-order valence-corrected chi connectivity index (χ1v) is 5.62. The molecule has 0 aliphatic heterocycles. The maximum atomic E-state index is 12.0. The molecule has 0 bridgehead atoms. The predicted octanol–water partition coefficient (Wildman–Crippen LogP) is 1.21. The molecule has 0 saturated carbocycles. The van der Waals surface area contributed by atoms with E-state index in [4.69, 9.17) is 0 Å². The fourth-order valence-electron chi connectivity index (χ4n) is 1.60. The average Bonchev–Trinajstić information content (AvgIpc) is 2.27. The molecule has 0 fully saturated rings. The largest absolute Gasteiger partial charge is 0.392 e. The van der Waals surface area contributed by atoms with Gasteiger partial charge in [0, 0.05) is 38.9 Å². The Kier molecular flexibility index (Phi) is 4.52. The van der Waals surface area contributed by atoms with Crippen LogP contribution in [0.2, 0.25) is 0 Å². The number of rotatable bonds is 4. The van der Waals surface area contributed by atoms with E-state index in [0.717, 1.165) is 5.69 Å². The predicted molar refractivity (Wildman–Crippen MR) is 69.4 cm³/mol. The molecule has 4 heteroatoms. The van der Waals surface area contributed by atoms with Crippen molar-refractivity contribution in [1.29, 1.82) is 0 Å². The Morgan fingerprint density at radius 3 is 2.18 bits per heavy atom. The van der Waals surface area contributed by atoms with Crippen molar-refractivity contribution in [2.45, 2.75) is 13.0 Å². The summed E-state index contributed by atoms with van der Waals surface area (Å²) in [5.41, 5.74) is 1.69. The lowest BCUT2D eigenvalue weighted by molar-refractivity contribution is 0.0704. The monoisotopic (exact) mass is 236 g/mol. The van der Waals surface area contributed by atoms with Crippen molar-refractivity contribution in [3.63, 3.8) is 0 Å². The smallest absolute Gasteiger partial charge is 0.253 e. The molecule has 0 saturated heterocycles. The van der Waals surface area contributed by atoms with Crippen LogP contribution in [0.15, 0.2) is 24.3 Å². The zero-order valence-electron chi connectivity index (χ0n) is 10.8. The standard InChI is InChI=1S/C13H20N2O2/c1-10(16)9-15(4)13(17)11-5-7-12(8-6-11)14(2)3/h5-8,10,16H,9H2,1-4H3. The van der Waals surface area contributed by atoms with Crippen LogP contribution < -0.4 is 4.90 Å². The average molecular weight is 236 g/mol. The first-order valence-electron chi connectivity index (χ1n) is 5.62. The molecule has 1 atom stereocenters. The minimum atomic E-state index is -0.509. The third-order valence-corrected chi connectivity index (χ3v) is 2.52. The zero-order chi connectivity index (χ0) is 13.0. The van der Waals surface area contributed by atoms with Crippen molar-refractivity contribution in [2.75, 3.05) is 32.6 Å². The van der Waals surface area contributed by atoms with E-state index in [-0.39, 0.29) is 5.91 Å². The third kappa shape index (κ3) is 3.75. The van der Waals surface area contributed by atoms with E-state index < -0.39 is 6.10 Å². The molecular weight excluding hydrogens is 216 g/mol. The summed E-state index contributed by atoms with van der Waals surface area (Å²) < 4.78 is 0. The Labute approximate surface area is 102 Å². The van der Waals surface area contributed by atoms with Crippen LogP contribution in [0.4, 0.5) is 5.69 Å². The highest BCUT2D eigenvalue weighted by Gasteiger charge is 2.13. The van der Waals surface area contributed by atoms with Crippen molar-refractivity contribution in [1.82, 2.24) is 4.90 Å². The molecule has 0 aliphatic rings. The number of carbonyl (C=O) groups excluding carboxylic acids is 1. The second-order valence-electron chi connectivity index (χ2n) is 4.48. The first kappa shape index (κ1) is 13.5. The molecule has 1 aromatic carbocycles. The topological polar surface area (TPSA) is 43.8 Å². The Morgan fingerprint density at radius 1 is 1.24 bits per heavy atom. The van der Waals surface area contributed by atoms with Crippen LogP contribution in [0, 0.1) is 0 Å². The minimum absolute atomic E-state index is 0.0730. The lowest BCUT2D eigenvalue weighted by atomic mass is 10.1. The number of anilines is 1. The molecule has 1 amide bonds. The summed E-state index contributed by atoms with van der Waals surface area (Å²) in [5, 5.41) is 9.23. The number of amides is 1. The van der Waals surface area contributed by atoms with Crippen LogP contribution in [-0.4, -0.2) is 49.7 Å². The molecule has 17 heavy (non-hydrogen) atoms. The van der Waals surface area contributed by atoms with E-state index in [1.807, 2.05) is 31.1 Å². The van der Waals surface area contributed by atoms with Crippen LogP contribution in [0.5, 0.6) is 0 Å². The molecule has 1 N–H and O–H groups in total. The highest BCUT2D eigenvalue weighted by Crippen LogP contribution is 2.13. The highest BCUT2D eigenvalue weighted by molar-refractivity contribution is 5.94. The van der Waals surface area contributed by atoms with Gasteiger partial charge in [-0.1, -0.05) is 0 Å². The first-order chi connectivity index (χ1) is 7.91. The van der Waals surface area contributed by atoms with E-state index in [1.165, 1.54) is 4.90 Å². The zero-order valence-corrected chi connectivity index (χ0v) is 10.8. The summed E-state index contributed by atoms with van der Waals surface area (Å²) >= 11 is 0. The normalized spacial score (nSPS) is 12.1. The van der Waals surface area contributed by atoms with Gasteiger partial charge in [-0.2, -0.15) is 0 Å². The van der Waals surface area contributed by atoms with Gasteiger partial charge in [-0.15, -0.1) is 0 Å². The Balaban J connectivity index is 2.76. The summed E-state index contributed by atoms with van der Waals surface area (Å²) in [6.45, 7) is 2.01. The molecule has 0 aromatic heterocycles. The molecule has 0 heterocycles. The summed E-state index contributed by atoms with van der Waals surface area (Å²) in [6, 6.07) is 7.42. The van der Waals surface area contributed by atoms with Crippen molar-refractivity contribution in [3.8, 4) is 0 Å². The van der Waals surface area contributed by atoms with E-state index in [0.29, 0.717) is 12.1 Å². The second-order valence-corrected chi connectivity index (χ2v) is 4.48. The molecule has 0 spiro atoms. The molecule has 0 radical (unpaired) electrons. The van der Waals surface area contributed by atoms with Crippen molar-refractivity contribution in [2.24, 2.45) is 0 Å². The molecule has 1 unspecified atom stereocenters. The molecule has 94 valence electrons. The quantitative estimate of drug-likeness (QED) is 0.854. The van der Waals surface area contributed by atoms with E-state index in [9.17, 15) is 9.90 Å². The van der Waals surface area contributed by atoms with E-state index in [1.54, 1.807) is 26.1 Å². The van der Waals surface area contributed by atoms with Crippen LogP contribution in [-0.2, 0) is 0 Å². The molecule has 4 nitrogen and oxygen atoms in total. The van der Waals surface area contributed by atoms with Gasteiger partial charge >= 0.3 is 0 Å². The summed E-state index contributed by atoms with van der Waals surface area (Å²) in [4.78, 5) is 15.5. The fraction of sp³-hybridized carbons (Fsp3) is 0.462. The SMILES string of the molecule is CC(O)CN(C)C(=O)c1ccc(N(C)C)cc1. The van der Waals surface area contributed by atoms with Gasteiger partial charge in [-0.3, -0.25) is 4.79 Å². The number of aliphatic hydroxyl groups excluding tert-OH is 1. The van der Waals surface area contributed by atoms with Crippen molar-refractivity contribution < 1.29 is 9.90 Å². The number of likely N-dealkylation sites (N-methyl/N-ethyl adjacent to an activating group) is 1. The number of nitrogens with zero attached hydrogens (tertiary/aromatic N) is 2. The number of carbonyl (C=O) groups is 1. The fourth-order valence-corrected chi connectivity index (χ4v) is 1.60. The number of aliphatic hydroxyl groups is 1. The Morgan fingerprint density at radius 2 is 1.76 bits per heavy atom. The summed E-state index contributed by atoms with van der Waals surface area (Å²) in [7, 11) is 5.60. The van der Waals surface area contributed by atoms with Crippen LogP contribution in [0.3, 0.4) is 0 Å². The lowest BCUT2D eigenvalue weighted by Gasteiger charge is -2.19. The van der Waals surface area contributed by atoms with Crippen LogP contribution >= 0.6 is 0 Å². The summed E-state index contributed by atoms with van der Waals surface area (Å²) in [6.07, 6.45) is -0.509. The Hall–Kier alpha value is -1.55. The third-order valence-electron chi connectivity index (χ3n) is 2.52. The highest BCUT2D eigenvalue weighted by atomic mass is 16.3. The van der Waals surface area contributed by atoms with Crippen molar-refractivity contribution >= 4 is 11.6 Å². The number of hydrogen-bond donors (Lipinski definition) is 1. The van der Waals surface area contributed by atoms with Crippen LogP contribution in [0.1, 0.15) is 17.3 Å². The van der Waals surface area contributed by atoms with Gasteiger partial charge in [0.25, 0.3) is 5.91 Å². The van der Waals surface area contributed by atoms with Gasteiger partial charge in [-0.25, -0.2) is 0 Å². The number of hydrogen-bond acceptors (Lipinski definition) is 3. The van der Waals surface area contributed by atoms with Gasteiger partial charge in [0.05, 0.1) is 6.10 Å². The molecular formula is C13H20N2O2. The number of benzene rings is 1. The van der Waals surface area contributed by atoms with Gasteiger partial charge < -0.3 is 14.9 Å². The molecule has 1 rings (SSSR count). The summed E-state index contributed by atoms with van der Waals surface area (Å²) in [5.74, 6) is -0.0730. The second kappa shape index (κ2) is 5.68. The minimum Gasteiger partial charge on any atom is -0.392 e. The molecule has 1 aromatic rings. The van der Waals surface area contributed by atoms with Gasteiger partial charge in [0.2, 0.25) is 0 Å². The Bertz CT molecular complexity index is 372. The van der Waals surface area contributed by atoms with E-state index in [2.05, 4.69) is 0 Å². The lowest BCUT2D eigenvalue weighted by Crippen LogP contribution is -2.33. The maximum Gasteiger partial charge on any atom is 0.253 e. The molecule has 0 aliphatic carbocycles. The van der Waals surface area contributed by atoms with Gasteiger partial charge in [-0.05, 0) is 31.2 Å². The maximum absolute atomic E-state index is 12.0. The van der Waals surface area contributed by atoms with Crippen LogP contribution in [0.25, 0.3) is 0 Å².